The average molecular weight is 200 g/mol. The molecule has 0 aromatic heterocycles. The lowest BCUT2D eigenvalue weighted by molar-refractivity contribution is 0.0912. The molecule has 84 valence electrons. The van der Waals surface area contributed by atoms with Crippen molar-refractivity contribution < 1.29 is 5.11 Å². The second kappa shape index (κ2) is 6.38. The molecule has 1 rings (SSSR count). The van der Waals surface area contributed by atoms with Gasteiger partial charge in [0.2, 0.25) is 0 Å². The summed E-state index contributed by atoms with van der Waals surface area (Å²) in [4.78, 5) is 2.38. The Bertz CT molecular complexity index is 144. The van der Waals surface area contributed by atoms with Crippen molar-refractivity contribution in [2.24, 2.45) is 5.92 Å². The molecule has 0 aliphatic carbocycles. The number of nitrogens with one attached hydrogen (secondary N) is 1. The smallest absolute Gasteiger partial charge is 0.0791 e. The van der Waals surface area contributed by atoms with Crippen molar-refractivity contribution in [1.29, 1.82) is 0 Å². The topological polar surface area (TPSA) is 35.5 Å². The second-order valence-corrected chi connectivity index (χ2v) is 4.44. The van der Waals surface area contributed by atoms with Gasteiger partial charge in [-0.05, 0) is 38.4 Å². The minimum atomic E-state index is -0.205. The summed E-state index contributed by atoms with van der Waals surface area (Å²) in [6.07, 6.45) is 2.37. The number of nitrogens with zero attached hydrogens (tertiary/aromatic N) is 1. The van der Waals surface area contributed by atoms with Crippen LogP contribution in [0.25, 0.3) is 0 Å². The van der Waals surface area contributed by atoms with Gasteiger partial charge < -0.3 is 15.3 Å². The van der Waals surface area contributed by atoms with Gasteiger partial charge in [-0.1, -0.05) is 13.8 Å². The van der Waals surface area contributed by atoms with E-state index < -0.39 is 0 Å². The highest BCUT2D eigenvalue weighted by Gasteiger charge is 2.17. The summed E-state index contributed by atoms with van der Waals surface area (Å²) in [6, 6.07) is 0. The number of likely N-dealkylation sites (tertiary alicyclic amines) is 1. The zero-order valence-corrected chi connectivity index (χ0v) is 9.50. The minimum absolute atomic E-state index is 0.205. The van der Waals surface area contributed by atoms with E-state index in [1.165, 1.54) is 12.8 Å². The van der Waals surface area contributed by atoms with E-state index in [-0.39, 0.29) is 6.10 Å². The fourth-order valence-corrected chi connectivity index (χ4v) is 1.92. The van der Waals surface area contributed by atoms with Gasteiger partial charge in [-0.2, -0.15) is 0 Å². The number of rotatable bonds is 5. The molecule has 0 aromatic rings. The van der Waals surface area contributed by atoms with Gasteiger partial charge in [0.25, 0.3) is 0 Å². The molecule has 1 aliphatic rings. The quantitative estimate of drug-likeness (QED) is 0.685. The lowest BCUT2D eigenvalue weighted by atomic mass is 9.99. The fraction of sp³-hybridized carbons (Fsp3) is 1.00. The Morgan fingerprint density at radius 3 is 2.64 bits per heavy atom. The van der Waals surface area contributed by atoms with Crippen LogP contribution in [0.15, 0.2) is 0 Å². The van der Waals surface area contributed by atoms with Gasteiger partial charge in [0.15, 0.2) is 0 Å². The van der Waals surface area contributed by atoms with Crippen molar-refractivity contribution in [1.82, 2.24) is 10.2 Å². The van der Waals surface area contributed by atoms with Crippen molar-refractivity contribution in [2.45, 2.75) is 32.8 Å². The van der Waals surface area contributed by atoms with Crippen LogP contribution in [0.5, 0.6) is 0 Å². The van der Waals surface area contributed by atoms with Gasteiger partial charge in [0.1, 0.15) is 0 Å². The molecule has 0 spiro atoms. The number of β-amino-alcohol motifs (C(OH)–C–C–N with tert-alkyl or cyclic N) is 1. The van der Waals surface area contributed by atoms with Crippen LogP contribution in [0.4, 0.5) is 0 Å². The van der Waals surface area contributed by atoms with Crippen LogP contribution in [0.3, 0.4) is 0 Å². The molecule has 0 unspecified atom stereocenters. The monoisotopic (exact) mass is 200 g/mol. The highest BCUT2D eigenvalue weighted by molar-refractivity contribution is 4.72. The first kappa shape index (κ1) is 12.0. The largest absolute Gasteiger partial charge is 0.390 e. The standard InChI is InChI=1S/C11H24N2O/c1-3-12-8-11(14)9-13-6-4-10(2)5-7-13/h10-12,14H,3-9H2,1-2H3/t11-/m1/s1. The summed E-state index contributed by atoms with van der Waals surface area (Å²) < 4.78 is 0. The maximum absolute atomic E-state index is 9.69. The zero-order chi connectivity index (χ0) is 10.4. The van der Waals surface area contributed by atoms with E-state index in [0.29, 0.717) is 0 Å². The molecular formula is C11H24N2O. The first-order valence-corrected chi connectivity index (χ1v) is 5.83. The van der Waals surface area contributed by atoms with Crippen LogP contribution in [0, 0.1) is 5.92 Å². The van der Waals surface area contributed by atoms with Gasteiger partial charge in [-0.3, -0.25) is 0 Å². The molecule has 1 atom stereocenters. The first-order chi connectivity index (χ1) is 6.72. The van der Waals surface area contributed by atoms with Gasteiger partial charge >= 0.3 is 0 Å². The number of likely N-dealkylation sites (N-methyl/N-ethyl adjacent to an activating group) is 1. The van der Waals surface area contributed by atoms with Crippen LogP contribution >= 0.6 is 0 Å². The average Bonchev–Trinajstić information content (AvgIpc) is 2.18. The number of aliphatic hydroxyl groups excluding tert-OH is 1. The van der Waals surface area contributed by atoms with E-state index in [9.17, 15) is 5.11 Å². The number of hydrogen-bond acceptors (Lipinski definition) is 3. The molecular weight excluding hydrogens is 176 g/mol. The molecule has 3 heteroatoms. The van der Waals surface area contributed by atoms with Crippen molar-refractivity contribution in [3.8, 4) is 0 Å². The van der Waals surface area contributed by atoms with Crippen LogP contribution in [0.2, 0.25) is 0 Å². The molecule has 1 saturated heterocycles. The van der Waals surface area contributed by atoms with E-state index in [4.69, 9.17) is 0 Å². The van der Waals surface area contributed by atoms with Gasteiger partial charge in [0.05, 0.1) is 6.10 Å². The van der Waals surface area contributed by atoms with Crippen LogP contribution in [-0.4, -0.2) is 48.8 Å². The van der Waals surface area contributed by atoms with Gasteiger partial charge in [-0.25, -0.2) is 0 Å². The minimum Gasteiger partial charge on any atom is -0.390 e. The Hall–Kier alpha value is -0.120. The lowest BCUT2D eigenvalue weighted by Crippen LogP contribution is -2.41. The second-order valence-electron chi connectivity index (χ2n) is 4.44. The Kier molecular flexibility index (Phi) is 5.45. The predicted octanol–water partition coefficient (Wildman–Crippen LogP) is 0.689. The highest BCUT2D eigenvalue weighted by atomic mass is 16.3. The van der Waals surface area contributed by atoms with E-state index >= 15 is 0 Å². The van der Waals surface area contributed by atoms with Crippen molar-refractivity contribution in [3.05, 3.63) is 0 Å². The zero-order valence-electron chi connectivity index (χ0n) is 9.50. The maximum atomic E-state index is 9.69. The third-order valence-electron chi connectivity index (χ3n) is 2.98. The van der Waals surface area contributed by atoms with E-state index in [1.807, 2.05) is 0 Å². The van der Waals surface area contributed by atoms with Crippen LogP contribution in [0.1, 0.15) is 26.7 Å². The molecule has 0 radical (unpaired) electrons. The number of aliphatic hydroxyl groups is 1. The summed E-state index contributed by atoms with van der Waals surface area (Å²) in [5.74, 6) is 0.872. The van der Waals surface area contributed by atoms with Crippen molar-refractivity contribution in [2.75, 3.05) is 32.7 Å². The molecule has 14 heavy (non-hydrogen) atoms. The fourth-order valence-electron chi connectivity index (χ4n) is 1.92. The third-order valence-corrected chi connectivity index (χ3v) is 2.98. The Labute approximate surface area is 87.5 Å². The molecule has 1 aliphatic heterocycles. The normalized spacial score (nSPS) is 22.5. The molecule has 3 nitrogen and oxygen atoms in total. The van der Waals surface area contributed by atoms with Gasteiger partial charge in [-0.15, -0.1) is 0 Å². The Balaban J connectivity index is 2.10. The molecule has 1 heterocycles. The van der Waals surface area contributed by atoms with Gasteiger partial charge in [0, 0.05) is 13.1 Å². The molecule has 0 saturated carbocycles. The number of hydrogen-bond donors (Lipinski definition) is 2. The van der Waals surface area contributed by atoms with Crippen LogP contribution in [-0.2, 0) is 0 Å². The molecule has 0 aromatic carbocycles. The Morgan fingerprint density at radius 2 is 2.07 bits per heavy atom. The van der Waals surface area contributed by atoms with E-state index in [1.54, 1.807) is 0 Å². The van der Waals surface area contributed by atoms with Crippen LogP contribution < -0.4 is 5.32 Å². The molecule has 2 N–H and O–H groups in total. The SMILES string of the molecule is CCNC[C@@H](O)CN1CCC(C)CC1. The van der Waals surface area contributed by atoms with Crippen molar-refractivity contribution in [3.63, 3.8) is 0 Å². The first-order valence-electron chi connectivity index (χ1n) is 5.83. The summed E-state index contributed by atoms with van der Waals surface area (Å²) in [5, 5.41) is 12.9. The molecule has 1 fully saturated rings. The highest BCUT2D eigenvalue weighted by Crippen LogP contribution is 2.15. The summed E-state index contributed by atoms with van der Waals surface area (Å²) in [5.41, 5.74) is 0. The predicted molar refractivity (Wildman–Crippen MR) is 59.4 cm³/mol. The van der Waals surface area contributed by atoms with Crippen molar-refractivity contribution >= 4 is 0 Å². The maximum Gasteiger partial charge on any atom is 0.0791 e. The number of piperidine rings is 1. The summed E-state index contributed by atoms with van der Waals surface area (Å²) in [6.45, 7) is 9.19. The van der Waals surface area contributed by atoms with E-state index in [0.717, 1.165) is 38.6 Å². The summed E-state index contributed by atoms with van der Waals surface area (Å²) in [7, 11) is 0. The molecule has 0 bridgehead atoms. The molecule has 0 amide bonds. The summed E-state index contributed by atoms with van der Waals surface area (Å²) >= 11 is 0. The van der Waals surface area contributed by atoms with E-state index in [2.05, 4.69) is 24.1 Å². The third kappa shape index (κ3) is 4.40. The Morgan fingerprint density at radius 1 is 1.43 bits per heavy atom. The lowest BCUT2D eigenvalue weighted by Gasteiger charge is -2.31.